The smallest absolute Gasteiger partial charge is 0.224 e. The Labute approximate surface area is 117 Å². The van der Waals surface area contributed by atoms with Crippen LogP contribution >= 0.6 is 11.6 Å². The third kappa shape index (κ3) is 2.23. The van der Waals surface area contributed by atoms with Crippen LogP contribution < -0.4 is 5.32 Å². The van der Waals surface area contributed by atoms with Gasteiger partial charge >= 0.3 is 0 Å². The summed E-state index contributed by atoms with van der Waals surface area (Å²) in [6.45, 7) is -0.198. The van der Waals surface area contributed by atoms with Crippen LogP contribution in [-0.4, -0.2) is 43.4 Å². The van der Waals surface area contributed by atoms with Crippen LogP contribution in [0.4, 0.5) is 10.2 Å². The van der Waals surface area contributed by atoms with E-state index in [1.807, 2.05) is 0 Å². The molecule has 1 aromatic heterocycles. The van der Waals surface area contributed by atoms with E-state index < -0.39 is 22.5 Å². The molecule has 1 aliphatic heterocycles. The topological polar surface area (TPSA) is 75.1 Å². The van der Waals surface area contributed by atoms with E-state index in [1.165, 1.54) is 0 Å². The number of aliphatic hydroxyl groups is 1. The molecule has 1 saturated carbocycles. The number of fused-ring (bicyclic) bond motifs is 1. The number of aromatic nitrogens is 2. The molecule has 5 nitrogen and oxygen atoms in total. The van der Waals surface area contributed by atoms with Gasteiger partial charge in [0.25, 0.3) is 0 Å². The molecule has 3 rings (SSSR count). The number of hydrogen-bond donors (Lipinski definition) is 2. The first-order chi connectivity index (χ1) is 9.03. The molecule has 0 aromatic carbocycles. The van der Waals surface area contributed by atoms with E-state index in [0.29, 0.717) is 28.6 Å². The van der Waals surface area contributed by atoms with Crippen LogP contribution in [0.15, 0.2) is 4.90 Å². The Morgan fingerprint density at radius 1 is 1.53 bits per heavy atom. The molecule has 1 unspecified atom stereocenters. The molecule has 1 fully saturated rings. The molecule has 104 valence electrons. The number of anilines is 1. The van der Waals surface area contributed by atoms with Crippen molar-refractivity contribution in [1.82, 2.24) is 9.97 Å². The van der Waals surface area contributed by atoms with E-state index in [1.54, 1.807) is 0 Å². The molecule has 19 heavy (non-hydrogen) atoms. The van der Waals surface area contributed by atoms with Gasteiger partial charge in [-0.15, -0.1) is 0 Å². The molecule has 0 spiro atoms. The van der Waals surface area contributed by atoms with Crippen LogP contribution in [0, 0.1) is 0 Å². The second kappa shape index (κ2) is 4.64. The van der Waals surface area contributed by atoms with Crippen molar-refractivity contribution in [3.8, 4) is 0 Å². The first kappa shape index (κ1) is 13.2. The van der Waals surface area contributed by atoms with Crippen molar-refractivity contribution in [3.63, 3.8) is 0 Å². The fraction of sp³-hybridized carbons (Fsp3) is 0.636. The minimum absolute atomic E-state index is 0.0735. The molecule has 0 bridgehead atoms. The highest BCUT2D eigenvalue weighted by atomic mass is 35.5. The lowest BCUT2D eigenvalue weighted by atomic mass is 9.76. The van der Waals surface area contributed by atoms with Crippen molar-refractivity contribution < 1.29 is 13.7 Å². The first-order valence-corrected chi connectivity index (χ1v) is 7.70. The largest absolute Gasteiger partial charge is 0.394 e. The number of nitrogens with zero attached hydrogens (tertiary/aromatic N) is 2. The number of aliphatic hydroxyl groups excluding tert-OH is 1. The van der Waals surface area contributed by atoms with Gasteiger partial charge in [-0.1, -0.05) is 0 Å². The number of hydrogen-bond acceptors (Lipinski definition) is 5. The molecule has 0 radical (unpaired) electrons. The fourth-order valence-corrected chi connectivity index (χ4v) is 4.05. The fourth-order valence-electron chi connectivity index (χ4n) is 2.56. The minimum Gasteiger partial charge on any atom is -0.394 e. The number of alkyl halides is 1. The van der Waals surface area contributed by atoms with E-state index >= 15 is 0 Å². The first-order valence-electron chi connectivity index (χ1n) is 6.01. The van der Waals surface area contributed by atoms with Gasteiger partial charge in [-0.2, -0.15) is 4.98 Å². The summed E-state index contributed by atoms with van der Waals surface area (Å²) in [7, 11) is -1.16. The van der Waals surface area contributed by atoms with Gasteiger partial charge in [0.15, 0.2) is 0 Å². The lowest BCUT2D eigenvalue weighted by Crippen LogP contribution is -2.54. The summed E-state index contributed by atoms with van der Waals surface area (Å²) in [5, 5.41) is 12.5. The summed E-state index contributed by atoms with van der Waals surface area (Å²) in [6.07, 6.45) is 0.103. The zero-order valence-electron chi connectivity index (χ0n) is 10.0. The van der Waals surface area contributed by atoms with Crippen molar-refractivity contribution in [2.24, 2.45) is 0 Å². The highest BCUT2D eigenvalue weighted by Gasteiger charge is 2.45. The van der Waals surface area contributed by atoms with Crippen LogP contribution in [0.5, 0.6) is 0 Å². The monoisotopic (exact) mass is 305 g/mol. The quantitative estimate of drug-likeness (QED) is 0.817. The highest BCUT2D eigenvalue weighted by molar-refractivity contribution is 7.85. The minimum atomic E-state index is -1.16. The SMILES string of the molecule is O=S1CCc2nc(Cl)nc(NC3(CO)CC(F)C3)c21. The lowest BCUT2D eigenvalue weighted by Gasteiger charge is -2.43. The van der Waals surface area contributed by atoms with Crippen molar-refractivity contribution in [2.45, 2.75) is 35.9 Å². The lowest BCUT2D eigenvalue weighted by molar-refractivity contribution is 0.0621. The van der Waals surface area contributed by atoms with Crippen molar-refractivity contribution >= 4 is 28.2 Å². The Kier molecular flexibility index (Phi) is 3.23. The summed E-state index contributed by atoms with van der Waals surface area (Å²) in [4.78, 5) is 8.66. The van der Waals surface area contributed by atoms with Gasteiger partial charge in [0.05, 0.1) is 28.6 Å². The third-order valence-corrected chi connectivity index (χ3v) is 5.20. The van der Waals surface area contributed by atoms with Crippen LogP contribution in [0.3, 0.4) is 0 Å². The Bertz CT molecular complexity index is 551. The summed E-state index contributed by atoms with van der Waals surface area (Å²) in [6, 6.07) is 0. The molecule has 0 saturated heterocycles. The van der Waals surface area contributed by atoms with Gasteiger partial charge in [0, 0.05) is 25.0 Å². The van der Waals surface area contributed by atoms with E-state index in [4.69, 9.17) is 11.6 Å². The molecule has 2 aliphatic rings. The Morgan fingerprint density at radius 2 is 2.26 bits per heavy atom. The molecule has 1 aromatic rings. The maximum Gasteiger partial charge on any atom is 0.224 e. The van der Waals surface area contributed by atoms with E-state index in [9.17, 15) is 13.7 Å². The highest BCUT2D eigenvalue weighted by Crippen LogP contribution is 2.39. The van der Waals surface area contributed by atoms with Gasteiger partial charge in [0.2, 0.25) is 5.28 Å². The average Bonchev–Trinajstić information content (AvgIpc) is 2.68. The average molecular weight is 306 g/mol. The van der Waals surface area contributed by atoms with Gasteiger partial charge in [0.1, 0.15) is 16.9 Å². The summed E-state index contributed by atoms with van der Waals surface area (Å²) < 4.78 is 25.0. The standard InChI is InChI=1S/C11H13ClFN3O2S/c12-10-14-7-1-2-19(18)8(7)9(15-10)16-11(5-17)3-6(13)4-11/h6,17H,1-5H2,(H,14,15,16). The predicted molar refractivity (Wildman–Crippen MR) is 69.6 cm³/mol. The molecular formula is C11H13ClFN3O2S. The van der Waals surface area contributed by atoms with Gasteiger partial charge in [-0.25, -0.2) is 9.37 Å². The number of nitrogens with one attached hydrogen (secondary N) is 1. The zero-order valence-corrected chi connectivity index (χ0v) is 11.6. The van der Waals surface area contributed by atoms with Crippen molar-refractivity contribution in [3.05, 3.63) is 11.0 Å². The summed E-state index contributed by atoms with van der Waals surface area (Å²) >= 11 is 5.84. The summed E-state index contributed by atoms with van der Waals surface area (Å²) in [5.74, 6) is 0.864. The number of aryl methyl sites for hydroxylation is 1. The molecular weight excluding hydrogens is 293 g/mol. The molecule has 1 aliphatic carbocycles. The maximum atomic E-state index is 13.1. The molecule has 0 amide bonds. The van der Waals surface area contributed by atoms with Crippen LogP contribution in [0.25, 0.3) is 0 Å². The second-order valence-electron chi connectivity index (χ2n) is 4.99. The second-order valence-corrected chi connectivity index (χ2v) is 6.83. The van der Waals surface area contributed by atoms with Crippen LogP contribution in [0.2, 0.25) is 5.28 Å². The zero-order chi connectivity index (χ0) is 13.6. The Morgan fingerprint density at radius 3 is 2.89 bits per heavy atom. The molecule has 8 heteroatoms. The van der Waals surface area contributed by atoms with E-state index in [2.05, 4.69) is 15.3 Å². The third-order valence-electron chi connectivity index (χ3n) is 3.57. The van der Waals surface area contributed by atoms with Crippen LogP contribution in [0.1, 0.15) is 18.5 Å². The van der Waals surface area contributed by atoms with Crippen LogP contribution in [-0.2, 0) is 17.2 Å². The summed E-state index contributed by atoms with van der Waals surface area (Å²) in [5.41, 5.74) is -0.0532. The maximum absolute atomic E-state index is 13.1. The molecule has 2 N–H and O–H groups in total. The van der Waals surface area contributed by atoms with E-state index in [0.717, 1.165) is 0 Å². The Hall–Kier alpha value is -0.790. The van der Waals surface area contributed by atoms with Crippen molar-refractivity contribution in [2.75, 3.05) is 17.7 Å². The number of halogens is 2. The Balaban J connectivity index is 1.95. The van der Waals surface area contributed by atoms with Gasteiger partial charge < -0.3 is 10.4 Å². The van der Waals surface area contributed by atoms with Gasteiger partial charge in [-0.3, -0.25) is 4.21 Å². The predicted octanol–water partition coefficient (Wildman–Crippen LogP) is 1.07. The number of rotatable bonds is 3. The molecule has 1 atom stereocenters. The molecule has 2 heterocycles. The van der Waals surface area contributed by atoms with E-state index in [-0.39, 0.29) is 24.7 Å². The van der Waals surface area contributed by atoms with Gasteiger partial charge in [-0.05, 0) is 11.6 Å². The normalized spacial score (nSPS) is 32.8. The van der Waals surface area contributed by atoms with Crippen molar-refractivity contribution in [1.29, 1.82) is 0 Å².